The van der Waals surface area contributed by atoms with Crippen molar-refractivity contribution in [2.45, 2.75) is 19.4 Å². The molecule has 1 aliphatic heterocycles. The summed E-state index contributed by atoms with van der Waals surface area (Å²) in [7, 11) is 0. The van der Waals surface area contributed by atoms with Crippen molar-refractivity contribution in [1.82, 2.24) is 14.7 Å². The van der Waals surface area contributed by atoms with Crippen LogP contribution in [0, 0.1) is 6.92 Å². The molecule has 2 aromatic carbocycles. The van der Waals surface area contributed by atoms with Gasteiger partial charge in [-0.05, 0) is 30.7 Å². The number of aromatic nitrogens is 2. The number of ether oxygens (including phenoxy) is 1. The van der Waals surface area contributed by atoms with Gasteiger partial charge in [-0.3, -0.25) is 9.69 Å². The van der Waals surface area contributed by atoms with Crippen molar-refractivity contribution in [1.29, 1.82) is 0 Å². The lowest BCUT2D eigenvalue weighted by atomic mass is 10.0. The number of carbonyl (C=O) groups is 2. The Labute approximate surface area is 182 Å². The number of carbonyl (C=O) groups excluding carboxylic acids is 2. The Morgan fingerprint density at radius 1 is 1.20 bits per heavy atom. The maximum absolute atomic E-state index is 13.0. The number of hydrogen-bond acceptors (Lipinski definition) is 4. The quantitative estimate of drug-likeness (QED) is 0.578. The highest BCUT2D eigenvalue weighted by atomic mass is 79.9. The van der Waals surface area contributed by atoms with Crippen LogP contribution >= 0.6 is 15.9 Å². The molecule has 7 nitrogen and oxygen atoms in total. The topological polar surface area (TPSA) is 76.5 Å². The number of amides is 2. The molecular formula is C22H21BrN4O3. The molecule has 1 N–H and O–H groups in total. The SMILES string of the molecule is Cc1cc(NC(=O)CC(c2ccccc2)N2CCOC2=O)n(-c2cccc(Br)c2)n1. The first kappa shape index (κ1) is 20.2. The monoisotopic (exact) mass is 468 g/mol. The Morgan fingerprint density at radius 2 is 2.00 bits per heavy atom. The van der Waals surface area contributed by atoms with E-state index in [1.54, 1.807) is 9.58 Å². The summed E-state index contributed by atoms with van der Waals surface area (Å²) in [6, 6.07) is 18.6. The lowest BCUT2D eigenvalue weighted by Crippen LogP contribution is -2.32. The lowest BCUT2D eigenvalue weighted by molar-refractivity contribution is -0.117. The second kappa shape index (κ2) is 8.71. The second-order valence-electron chi connectivity index (χ2n) is 7.05. The van der Waals surface area contributed by atoms with Crippen molar-refractivity contribution < 1.29 is 14.3 Å². The van der Waals surface area contributed by atoms with Crippen LogP contribution in [0.15, 0.2) is 65.1 Å². The van der Waals surface area contributed by atoms with Gasteiger partial charge in [-0.2, -0.15) is 5.10 Å². The molecule has 3 aromatic rings. The fourth-order valence-corrected chi connectivity index (χ4v) is 3.92. The Balaban J connectivity index is 1.57. The normalized spacial score (nSPS) is 14.5. The van der Waals surface area contributed by atoms with Crippen LogP contribution in [0.1, 0.15) is 23.7 Å². The van der Waals surface area contributed by atoms with Gasteiger partial charge in [0.1, 0.15) is 12.4 Å². The molecule has 0 radical (unpaired) electrons. The summed E-state index contributed by atoms with van der Waals surface area (Å²) < 4.78 is 7.71. The molecule has 154 valence electrons. The van der Waals surface area contributed by atoms with Crippen molar-refractivity contribution >= 4 is 33.7 Å². The zero-order valence-corrected chi connectivity index (χ0v) is 18.0. The predicted molar refractivity (Wildman–Crippen MR) is 116 cm³/mol. The minimum absolute atomic E-state index is 0.113. The largest absolute Gasteiger partial charge is 0.448 e. The number of nitrogens with zero attached hydrogens (tertiary/aromatic N) is 3. The number of benzene rings is 2. The second-order valence-corrected chi connectivity index (χ2v) is 7.96. The van der Waals surface area contributed by atoms with E-state index in [0.717, 1.165) is 21.4 Å². The molecule has 8 heteroatoms. The van der Waals surface area contributed by atoms with E-state index in [1.165, 1.54) is 0 Å². The number of nitrogens with one attached hydrogen (secondary N) is 1. The van der Waals surface area contributed by atoms with Gasteiger partial charge in [-0.15, -0.1) is 0 Å². The number of halogens is 1. The van der Waals surface area contributed by atoms with Crippen molar-refractivity contribution in [2.75, 3.05) is 18.5 Å². The number of rotatable bonds is 6. The fourth-order valence-electron chi connectivity index (χ4n) is 3.53. The maximum Gasteiger partial charge on any atom is 0.410 e. The van der Waals surface area contributed by atoms with Crippen molar-refractivity contribution in [2.24, 2.45) is 0 Å². The third-order valence-corrected chi connectivity index (χ3v) is 5.38. The summed E-state index contributed by atoms with van der Waals surface area (Å²) in [5.41, 5.74) is 2.51. The third-order valence-electron chi connectivity index (χ3n) is 4.88. The molecule has 1 atom stereocenters. The molecule has 4 rings (SSSR count). The highest BCUT2D eigenvalue weighted by Gasteiger charge is 2.32. The van der Waals surface area contributed by atoms with E-state index in [-0.39, 0.29) is 12.3 Å². The van der Waals surface area contributed by atoms with Gasteiger partial charge in [0, 0.05) is 10.5 Å². The van der Waals surface area contributed by atoms with Crippen LogP contribution in [0.3, 0.4) is 0 Å². The average Bonchev–Trinajstić information content (AvgIpc) is 3.32. The van der Waals surface area contributed by atoms with E-state index < -0.39 is 12.1 Å². The van der Waals surface area contributed by atoms with Gasteiger partial charge >= 0.3 is 6.09 Å². The first-order chi connectivity index (χ1) is 14.5. The molecule has 1 unspecified atom stereocenters. The van der Waals surface area contributed by atoms with E-state index in [4.69, 9.17) is 4.74 Å². The van der Waals surface area contributed by atoms with Crippen LogP contribution in [0.5, 0.6) is 0 Å². The highest BCUT2D eigenvalue weighted by Crippen LogP contribution is 2.28. The molecule has 1 fully saturated rings. The third kappa shape index (κ3) is 4.38. The van der Waals surface area contributed by atoms with Gasteiger partial charge < -0.3 is 10.1 Å². The van der Waals surface area contributed by atoms with Crippen molar-refractivity contribution in [3.05, 3.63) is 76.4 Å². The van der Waals surface area contributed by atoms with Gasteiger partial charge in [0.25, 0.3) is 0 Å². The minimum atomic E-state index is -0.399. The molecule has 30 heavy (non-hydrogen) atoms. The number of hydrogen-bond donors (Lipinski definition) is 1. The number of anilines is 1. The summed E-state index contributed by atoms with van der Waals surface area (Å²) in [5, 5.41) is 7.45. The molecule has 0 aliphatic carbocycles. The van der Waals surface area contributed by atoms with Crippen LogP contribution in [-0.2, 0) is 9.53 Å². The molecule has 0 saturated carbocycles. The maximum atomic E-state index is 13.0. The van der Waals surface area contributed by atoms with Crippen molar-refractivity contribution in [3.63, 3.8) is 0 Å². The smallest absolute Gasteiger partial charge is 0.410 e. The zero-order chi connectivity index (χ0) is 21.1. The van der Waals surface area contributed by atoms with Gasteiger partial charge in [0.15, 0.2) is 0 Å². The number of cyclic esters (lactones) is 1. The Bertz CT molecular complexity index is 1070. The highest BCUT2D eigenvalue weighted by molar-refractivity contribution is 9.10. The summed E-state index contributed by atoms with van der Waals surface area (Å²) >= 11 is 3.47. The summed E-state index contributed by atoms with van der Waals surface area (Å²) in [6.07, 6.45) is -0.284. The Morgan fingerprint density at radius 3 is 2.70 bits per heavy atom. The van der Waals surface area contributed by atoms with Crippen LogP contribution < -0.4 is 5.32 Å². The lowest BCUT2D eigenvalue weighted by Gasteiger charge is -2.25. The van der Waals surface area contributed by atoms with Gasteiger partial charge in [-0.25, -0.2) is 9.48 Å². The van der Waals surface area contributed by atoms with Gasteiger partial charge in [-0.1, -0.05) is 52.3 Å². The number of aryl methyl sites for hydroxylation is 1. The summed E-state index contributed by atoms with van der Waals surface area (Å²) in [6.45, 7) is 2.66. The van der Waals surface area contributed by atoms with Gasteiger partial charge in [0.05, 0.1) is 30.4 Å². The van der Waals surface area contributed by atoms with E-state index in [0.29, 0.717) is 19.0 Å². The fraction of sp³-hybridized carbons (Fsp3) is 0.227. The van der Waals surface area contributed by atoms with E-state index in [9.17, 15) is 9.59 Å². The molecule has 1 saturated heterocycles. The molecule has 1 aliphatic rings. The van der Waals surface area contributed by atoms with E-state index in [2.05, 4.69) is 26.3 Å². The van der Waals surface area contributed by atoms with Gasteiger partial charge in [0.2, 0.25) is 5.91 Å². The standard InChI is InChI=1S/C22H21BrN4O3/c1-15-12-20(27(25-15)18-9-5-8-17(23)13-18)24-21(28)14-19(16-6-3-2-4-7-16)26-10-11-30-22(26)29/h2-9,12-13,19H,10-11,14H2,1H3,(H,24,28). The molecular weight excluding hydrogens is 448 g/mol. The summed E-state index contributed by atoms with van der Waals surface area (Å²) in [5.74, 6) is 0.367. The Hall–Kier alpha value is -3.13. The molecule has 2 heterocycles. The average molecular weight is 469 g/mol. The summed E-state index contributed by atoms with van der Waals surface area (Å²) in [4.78, 5) is 26.7. The zero-order valence-electron chi connectivity index (χ0n) is 16.4. The van der Waals surface area contributed by atoms with Crippen LogP contribution in [0.2, 0.25) is 0 Å². The molecule has 2 amide bonds. The predicted octanol–water partition coefficient (Wildman–Crippen LogP) is 4.47. The van der Waals surface area contributed by atoms with Crippen LogP contribution in [0.25, 0.3) is 5.69 Å². The van der Waals surface area contributed by atoms with Crippen LogP contribution in [0.4, 0.5) is 10.6 Å². The van der Waals surface area contributed by atoms with E-state index in [1.807, 2.05) is 67.6 Å². The molecule has 0 bridgehead atoms. The minimum Gasteiger partial charge on any atom is -0.448 e. The van der Waals surface area contributed by atoms with E-state index >= 15 is 0 Å². The molecule has 1 aromatic heterocycles. The van der Waals surface area contributed by atoms with Crippen molar-refractivity contribution in [3.8, 4) is 5.69 Å². The van der Waals surface area contributed by atoms with Crippen LogP contribution in [-0.4, -0.2) is 39.8 Å². The first-order valence-corrected chi connectivity index (χ1v) is 10.4. The Kier molecular flexibility index (Phi) is 5.85. The molecule has 0 spiro atoms. The first-order valence-electron chi connectivity index (χ1n) is 9.62.